The molecule has 1 N–H and O–H groups in total. The van der Waals surface area contributed by atoms with Crippen molar-refractivity contribution in [3.8, 4) is 0 Å². The van der Waals surface area contributed by atoms with E-state index in [1.807, 2.05) is 0 Å². The zero-order valence-corrected chi connectivity index (χ0v) is 17.0. The summed E-state index contributed by atoms with van der Waals surface area (Å²) in [7, 11) is -6.96. The smallest absolute Gasteiger partial charge is 0.248 e. The van der Waals surface area contributed by atoms with Gasteiger partial charge in [-0.1, -0.05) is 0 Å². The highest BCUT2D eigenvalue weighted by atomic mass is 31.2. The molecular weight excluding hydrogens is 404 g/mol. The number of hydrogen-bond donors (Lipinski definition) is 1. The molecule has 0 unspecified atom stereocenters. The summed E-state index contributed by atoms with van der Waals surface area (Å²) in [4.78, 5) is 28.0. The lowest BCUT2D eigenvalue weighted by molar-refractivity contribution is 0.587. The SMILES string of the molecule is O=P(N=P(O)(c1ccncc1)c1ccncc1)(c1ccncc1)c1ccncc1. The average molecular weight is 421 g/mol. The van der Waals surface area contributed by atoms with E-state index in [2.05, 4.69) is 19.9 Å². The van der Waals surface area contributed by atoms with Crippen molar-refractivity contribution in [3.63, 3.8) is 0 Å². The number of rotatable bonds is 5. The van der Waals surface area contributed by atoms with Gasteiger partial charge in [0.1, 0.15) is 7.28 Å². The highest BCUT2D eigenvalue weighted by Gasteiger charge is 2.33. The van der Waals surface area contributed by atoms with Crippen molar-refractivity contribution >= 4 is 35.8 Å². The fourth-order valence-electron chi connectivity index (χ4n) is 2.88. The zero-order valence-electron chi connectivity index (χ0n) is 15.2. The molecule has 7 nitrogen and oxygen atoms in total. The van der Waals surface area contributed by atoms with Crippen molar-refractivity contribution in [1.82, 2.24) is 19.9 Å². The Kier molecular flexibility index (Phi) is 5.45. The van der Waals surface area contributed by atoms with Crippen LogP contribution in [0.4, 0.5) is 0 Å². The van der Waals surface area contributed by atoms with E-state index in [9.17, 15) is 9.46 Å². The van der Waals surface area contributed by atoms with E-state index in [4.69, 9.17) is 4.52 Å². The maximum absolute atomic E-state index is 14.4. The summed E-state index contributed by atoms with van der Waals surface area (Å²) >= 11 is 0. The van der Waals surface area contributed by atoms with Gasteiger partial charge in [0.25, 0.3) is 0 Å². The second kappa shape index (κ2) is 8.18. The minimum atomic E-state index is -3.57. The fourth-order valence-corrected chi connectivity index (χ4v) is 8.76. The monoisotopic (exact) mass is 421 g/mol. The van der Waals surface area contributed by atoms with Crippen LogP contribution in [0.2, 0.25) is 0 Å². The third-order valence-corrected chi connectivity index (χ3v) is 10.4. The Hall–Kier alpha value is -2.98. The van der Waals surface area contributed by atoms with E-state index >= 15 is 0 Å². The van der Waals surface area contributed by atoms with E-state index < -0.39 is 14.6 Å². The normalized spacial score (nSPS) is 11.8. The van der Waals surface area contributed by atoms with Crippen molar-refractivity contribution in [2.75, 3.05) is 0 Å². The van der Waals surface area contributed by atoms with Crippen LogP contribution >= 0.6 is 14.6 Å². The van der Waals surface area contributed by atoms with Gasteiger partial charge in [-0.3, -0.25) is 24.5 Å². The number of hydrogen-bond acceptors (Lipinski definition) is 5. The van der Waals surface area contributed by atoms with Crippen LogP contribution < -0.4 is 21.2 Å². The molecular formula is C20H17N5O2P2. The molecule has 4 aromatic rings. The largest absolute Gasteiger partial charge is 0.353 e. The molecule has 4 heterocycles. The maximum atomic E-state index is 14.4. The lowest BCUT2D eigenvalue weighted by atomic mass is 10.5. The van der Waals surface area contributed by atoms with E-state index in [0.717, 1.165) is 0 Å². The first kappa shape index (κ1) is 19.3. The fraction of sp³-hybridized carbons (Fsp3) is 0. The molecule has 0 aliphatic heterocycles. The lowest BCUT2D eigenvalue weighted by Crippen LogP contribution is -2.20. The van der Waals surface area contributed by atoms with Crippen LogP contribution in [0.5, 0.6) is 0 Å². The second-order valence-corrected chi connectivity index (χ2v) is 11.2. The Bertz CT molecular complexity index is 1100. The van der Waals surface area contributed by atoms with E-state index in [1.54, 1.807) is 98.1 Å². The molecule has 4 aromatic heterocycles. The molecule has 4 rings (SSSR count). The number of aromatic nitrogens is 4. The minimum Gasteiger partial charge on any atom is -0.353 e. The summed E-state index contributed by atoms with van der Waals surface area (Å²) in [5, 5.41) is 2.09. The van der Waals surface area contributed by atoms with Crippen molar-refractivity contribution < 1.29 is 9.46 Å². The zero-order chi connectivity index (χ0) is 20.2. The summed E-state index contributed by atoms with van der Waals surface area (Å²) in [5.74, 6) is 0. The molecule has 0 saturated carbocycles. The van der Waals surface area contributed by atoms with Crippen LogP contribution in [-0.2, 0) is 4.57 Å². The van der Waals surface area contributed by atoms with Crippen LogP contribution in [0, 0.1) is 0 Å². The summed E-state index contributed by atoms with van der Waals surface area (Å²) in [6.07, 6.45) is 12.6. The van der Waals surface area contributed by atoms with Gasteiger partial charge in [0, 0.05) is 70.8 Å². The van der Waals surface area contributed by atoms with Gasteiger partial charge in [-0.25, -0.2) is 4.52 Å². The predicted molar refractivity (Wildman–Crippen MR) is 115 cm³/mol. The van der Waals surface area contributed by atoms with Gasteiger partial charge in [0.05, 0.1) is 0 Å². The standard InChI is InChI=1S/C20H17N5O2P2/c26-28(17-1-9-21-10-2-17,18-3-11-22-12-4-18)25-29(27,19-5-13-23-14-6-19)20-7-15-24-16-8-20/h1-16,26H. The van der Waals surface area contributed by atoms with E-state index in [-0.39, 0.29) is 0 Å². The van der Waals surface area contributed by atoms with Crippen LogP contribution in [-0.4, -0.2) is 24.8 Å². The molecule has 0 atom stereocenters. The third kappa shape index (κ3) is 3.81. The number of nitrogens with zero attached hydrogens (tertiary/aromatic N) is 5. The van der Waals surface area contributed by atoms with E-state index in [0.29, 0.717) is 21.2 Å². The molecule has 0 saturated heterocycles. The van der Waals surface area contributed by atoms with Crippen LogP contribution in [0.3, 0.4) is 0 Å². The predicted octanol–water partition coefficient (Wildman–Crippen LogP) is 2.25. The summed E-state index contributed by atoms with van der Waals surface area (Å²) < 4.78 is 19.1. The Balaban J connectivity index is 2.06. The van der Waals surface area contributed by atoms with Crippen molar-refractivity contribution in [2.24, 2.45) is 4.52 Å². The molecule has 0 aliphatic carbocycles. The highest BCUT2D eigenvalue weighted by molar-refractivity contribution is 7.87. The van der Waals surface area contributed by atoms with Crippen LogP contribution in [0.15, 0.2) is 103 Å². The van der Waals surface area contributed by atoms with E-state index in [1.165, 1.54) is 0 Å². The minimum absolute atomic E-state index is 0.486. The highest BCUT2D eigenvalue weighted by Crippen LogP contribution is 2.57. The average Bonchev–Trinajstić information content (AvgIpc) is 2.81. The first-order valence-electron chi connectivity index (χ1n) is 8.72. The molecule has 29 heavy (non-hydrogen) atoms. The Morgan fingerprint density at radius 3 is 1.14 bits per heavy atom. The maximum Gasteiger partial charge on any atom is 0.248 e. The molecule has 0 fully saturated rings. The Morgan fingerprint density at radius 1 is 0.552 bits per heavy atom. The number of pyridine rings is 4. The first-order valence-corrected chi connectivity index (χ1v) is 12.1. The second-order valence-electron chi connectivity index (χ2n) is 6.09. The third-order valence-electron chi connectivity index (χ3n) is 4.33. The van der Waals surface area contributed by atoms with Gasteiger partial charge in [-0.2, -0.15) is 0 Å². The summed E-state index contributed by atoms with van der Waals surface area (Å²) in [5.41, 5.74) is 0. The quantitative estimate of drug-likeness (QED) is 0.496. The van der Waals surface area contributed by atoms with Crippen molar-refractivity contribution in [3.05, 3.63) is 98.1 Å². The molecule has 0 aromatic carbocycles. The molecule has 0 aliphatic rings. The first-order chi connectivity index (χ1) is 14.1. The molecule has 0 amide bonds. The van der Waals surface area contributed by atoms with Gasteiger partial charge in [0.15, 0.2) is 0 Å². The van der Waals surface area contributed by atoms with Gasteiger partial charge in [0.2, 0.25) is 7.29 Å². The van der Waals surface area contributed by atoms with Crippen molar-refractivity contribution in [1.29, 1.82) is 0 Å². The van der Waals surface area contributed by atoms with Crippen LogP contribution in [0.1, 0.15) is 0 Å². The topological polar surface area (TPSA) is 101 Å². The van der Waals surface area contributed by atoms with Crippen LogP contribution in [0.25, 0.3) is 0 Å². The van der Waals surface area contributed by atoms with Gasteiger partial charge in [-0.15, -0.1) is 0 Å². The molecule has 0 radical (unpaired) electrons. The molecule has 144 valence electrons. The Labute approximate surface area is 168 Å². The van der Waals surface area contributed by atoms with Gasteiger partial charge in [-0.05, 0) is 48.5 Å². The lowest BCUT2D eigenvalue weighted by Gasteiger charge is -2.23. The van der Waals surface area contributed by atoms with Gasteiger partial charge >= 0.3 is 0 Å². The Morgan fingerprint density at radius 2 is 0.828 bits per heavy atom. The van der Waals surface area contributed by atoms with Crippen molar-refractivity contribution in [2.45, 2.75) is 0 Å². The molecule has 0 bridgehead atoms. The molecule has 9 heteroatoms. The molecule has 0 spiro atoms. The van der Waals surface area contributed by atoms with Gasteiger partial charge < -0.3 is 4.89 Å². The summed E-state index contributed by atoms with van der Waals surface area (Å²) in [6.45, 7) is 0. The summed E-state index contributed by atoms with van der Waals surface area (Å²) in [6, 6.07) is 13.4.